The molecule has 1 fully saturated rings. The molecule has 1 atom stereocenters. The van der Waals surface area contributed by atoms with E-state index in [1.165, 1.54) is 12.1 Å². The van der Waals surface area contributed by atoms with E-state index in [1.807, 2.05) is 36.4 Å². The van der Waals surface area contributed by atoms with Crippen LogP contribution < -0.4 is 14.2 Å². The summed E-state index contributed by atoms with van der Waals surface area (Å²) in [5, 5.41) is 9.30. The number of hydrogen-bond acceptors (Lipinski definition) is 7. The molecule has 3 aromatic rings. The molecular formula is C27H32N2O6S. The van der Waals surface area contributed by atoms with Crippen molar-refractivity contribution in [3.63, 3.8) is 0 Å². The lowest BCUT2D eigenvalue weighted by molar-refractivity contribution is -0.120. The first-order valence-corrected chi connectivity index (χ1v) is 13.5. The van der Waals surface area contributed by atoms with Gasteiger partial charge in [-0.1, -0.05) is 31.2 Å². The van der Waals surface area contributed by atoms with Crippen LogP contribution in [0.25, 0.3) is 11.3 Å². The summed E-state index contributed by atoms with van der Waals surface area (Å²) in [5.74, 6) is 1.49. The standard InChI is InChI=1S/C27H28N2O6S.2H2/c1-2-20(16-30)29-36(32,33)22-9-6-18(7-10-22)23-5-3-4-21(28-23)15-26(31)27(12-13-27)19-8-11-24-25(14-19)35-17-34-24;;/h3-11,14,20,29-30H,2,12-13,15-17H2,1H3;2*1H/t20-;;/m1../s1. The molecule has 2 N–H and O–H groups in total. The highest BCUT2D eigenvalue weighted by Gasteiger charge is 2.51. The summed E-state index contributed by atoms with van der Waals surface area (Å²) in [6.45, 7) is 1.73. The van der Waals surface area contributed by atoms with E-state index < -0.39 is 21.5 Å². The first kappa shape index (κ1) is 24.4. The molecular weight excluding hydrogens is 480 g/mol. The zero-order valence-corrected chi connectivity index (χ0v) is 20.8. The molecule has 8 nitrogen and oxygen atoms in total. The Kier molecular flexibility index (Phi) is 6.55. The molecule has 36 heavy (non-hydrogen) atoms. The average Bonchev–Trinajstić information content (AvgIpc) is 3.58. The number of sulfonamides is 1. The minimum Gasteiger partial charge on any atom is -0.454 e. The molecule has 9 heteroatoms. The molecule has 2 aliphatic rings. The highest BCUT2D eigenvalue weighted by molar-refractivity contribution is 7.89. The maximum Gasteiger partial charge on any atom is 0.240 e. The van der Waals surface area contributed by atoms with E-state index in [2.05, 4.69) is 9.71 Å². The van der Waals surface area contributed by atoms with E-state index in [1.54, 1.807) is 19.1 Å². The van der Waals surface area contributed by atoms with Gasteiger partial charge in [0, 0.05) is 26.6 Å². The number of ketones is 1. The van der Waals surface area contributed by atoms with Crippen molar-refractivity contribution < 1.29 is 30.6 Å². The van der Waals surface area contributed by atoms with Crippen molar-refractivity contribution in [2.45, 2.75) is 49.0 Å². The summed E-state index contributed by atoms with van der Waals surface area (Å²) in [6, 6.07) is 17.1. The van der Waals surface area contributed by atoms with Gasteiger partial charge in [-0.05, 0) is 61.2 Å². The number of rotatable bonds is 10. The van der Waals surface area contributed by atoms with Crippen molar-refractivity contribution in [1.29, 1.82) is 0 Å². The van der Waals surface area contributed by atoms with E-state index >= 15 is 0 Å². The second-order valence-corrected chi connectivity index (χ2v) is 10.9. The topological polar surface area (TPSA) is 115 Å². The number of carbonyl (C=O) groups excluding carboxylic acids is 1. The fraction of sp³-hybridized carbons (Fsp3) is 0.333. The summed E-state index contributed by atoms with van der Waals surface area (Å²) in [5.41, 5.74) is 2.51. The number of aliphatic hydroxyl groups excluding tert-OH is 1. The maximum absolute atomic E-state index is 13.3. The number of benzene rings is 2. The Hall–Kier alpha value is -3.27. The smallest absolute Gasteiger partial charge is 0.240 e. The molecule has 1 aliphatic heterocycles. The van der Waals surface area contributed by atoms with Gasteiger partial charge in [-0.25, -0.2) is 13.1 Å². The monoisotopic (exact) mass is 512 g/mol. The molecule has 192 valence electrons. The number of fused-ring (bicyclic) bond motifs is 1. The van der Waals surface area contributed by atoms with Gasteiger partial charge in [-0.2, -0.15) is 0 Å². The first-order valence-electron chi connectivity index (χ1n) is 12.0. The molecule has 5 rings (SSSR count). The molecule has 0 unspecified atom stereocenters. The van der Waals surface area contributed by atoms with Crippen molar-refractivity contribution in [2.24, 2.45) is 0 Å². The first-order chi connectivity index (χ1) is 17.3. The SMILES string of the molecule is CC[C@H](CO)NS(=O)(=O)c1ccc(-c2cccc(CC(=O)C3(c4ccc5c(c4)OCO5)CC3)n2)cc1.[HH].[HH]. The zero-order valence-electron chi connectivity index (χ0n) is 19.9. The molecule has 0 saturated heterocycles. The minimum atomic E-state index is -3.74. The second kappa shape index (κ2) is 9.65. The largest absolute Gasteiger partial charge is 0.454 e. The highest BCUT2D eigenvalue weighted by Crippen LogP contribution is 2.51. The number of pyridine rings is 1. The van der Waals surface area contributed by atoms with Gasteiger partial charge in [0.2, 0.25) is 16.8 Å². The van der Waals surface area contributed by atoms with Crippen LogP contribution in [0.4, 0.5) is 0 Å². The molecule has 0 spiro atoms. The van der Waals surface area contributed by atoms with Gasteiger partial charge in [0.1, 0.15) is 5.78 Å². The Balaban J connectivity index is 0.00000200. The summed E-state index contributed by atoms with van der Waals surface area (Å²) in [6.07, 6.45) is 2.28. The number of hydrogen-bond donors (Lipinski definition) is 2. The summed E-state index contributed by atoms with van der Waals surface area (Å²) in [7, 11) is -3.74. The van der Waals surface area contributed by atoms with Crippen LogP contribution in [-0.2, 0) is 26.7 Å². The predicted octanol–water partition coefficient (Wildman–Crippen LogP) is 3.86. The van der Waals surface area contributed by atoms with Gasteiger partial charge in [0.05, 0.1) is 22.6 Å². The lowest BCUT2D eigenvalue weighted by Crippen LogP contribution is -2.36. The van der Waals surface area contributed by atoms with E-state index in [-0.39, 0.29) is 33.4 Å². The Morgan fingerprint density at radius 1 is 1.11 bits per heavy atom. The average molecular weight is 513 g/mol. The van der Waals surface area contributed by atoms with Crippen molar-refractivity contribution >= 4 is 15.8 Å². The number of aliphatic hydroxyl groups is 1. The lowest BCUT2D eigenvalue weighted by Gasteiger charge is -2.15. The molecule has 2 heterocycles. The minimum absolute atomic E-state index is 0. The van der Waals surface area contributed by atoms with Crippen LogP contribution in [0.1, 0.15) is 40.3 Å². The van der Waals surface area contributed by atoms with Crippen molar-refractivity contribution in [3.8, 4) is 22.8 Å². The van der Waals surface area contributed by atoms with E-state index in [4.69, 9.17) is 9.47 Å². The molecule has 1 saturated carbocycles. The molecule has 0 amide bonds. The predicted molar refractivity (Wildman–Crippen MR) is 138 cm³/mol. The van der Waals surface area contributed by atoms with Crippen LogP contribution >= 0.6 is 0 Å². The van der Waals surface area contributed by atoms with Crippen molar-refractivity contribution in [1.82, 2.24) is 9.71 Å². The Morgan fingerprint density at radius 3 is 2.56 bits per heavy atom. The highest BCUT2D eigenvalue weighted by atomic mass is 32.2. The van der Waals surface area contributed by atoms with Gasteiger partial charge in [0.15, 0.2) is 11.5 Å². The van der Waals surface area contributed by atoms with E-state index in [9.17, 15) is 18.3 Å². The Bertz CT molecular complexity index is 1390. The van der Waals surface area contributed by atoms with Crippen LogP contribution in [0, 0.1) is 0 Å². The van der Waals surface area contributed by atoms with Gasteiger partial charge in [0.25, 0.3) is 0 Å². The van der Waals surface area contributed by atoms with Gasteiger partial charge < -0.3 is 14.6 Å². The fourth-order valence-electron chi connectivity index (χ4n) is 4.46. The van der Waals surface area contributed by atoms with Crippen molar-refractivity contribution in [2.75, 3.05) is 13.4 Å². The number of nitrogens with zero attached hydrogens (tertiary/aromatic N) is 1. The quantitative estimate of drug-likeness (QED) is 0.424. The molecule has 1 aliphatic carbocycles. The van der Waals surface area contributed by atoms with Crippen LogP contribution in [0.15, 0.2) is 65.6 Å². The van der Waals surface area contributed by atoms with Gasteiger partial charge in [-0.15, -0.1) is 0 Å². The molecule has 1 aromatic heterocycles. The number of carbonyl (C=O) groups is 1. The van der Waals surface area contributed by atoms with Crippen LogP contribution in [0.2, 0.25) is 0 Å². The van der Waals surface area contributed by atoms with E-state index in [0.29, 0.717) is 29.3 Å². The van der Waals surface area contributed by atoms with Crippen LogP contribution in [-0.4, -0.2) is 43.7 Å². The molecule has 0 radical (unpaired) electrons. The normalized spacial score (nSPS) is 16.5. The summed E-state index contributed by atoms with van der Waals surface area (Å²) < 4.78 is 38.5. The number of Topliss-reactive ketones (excluding diaryl/α,β-unsaturated/α-hetero) is 1. The molecule has 2 aromatic carbocycles. The fourth-order valence-corrected chi connectivity index (χ4v) is 5.77. The summed E-state index contributed by atoms with van der Waals surface area (Å²) in [4.78, 5) is 18.1. The maximum atomic E-state index is 13.3. The number of aromatic nitrogens is 1. The second-order valence-electron chi connectivity index (χ2n) is 9.20. The third kappa shape index (κ3) is 4.74. The Morgan fingerprint density at radius 2 is 1.86 bits per heavy atom. The Labute approximate surface area is 213 Å². The zero-order chi connectivity index (χ0) is 25.3. The van der Waals surface area contributed by atoms with Crippen LogP contribution in [0.3, 0.4) is 0 Å². The van der Waals surface area contributed by atoms with Crippen LogP contribution in [0.5, 0.6) is 11.5 Å². The van der Waals surface area contributed by atoms with Gasteiger partial charge in [-0.3, -0.25) is 9.78 Å². The number of ether oxygens (including phenoxy) is 2. The van der Waals surface area contributed by atoms with E-state index in [0.717, 1.165) is 24.0 Å². The lowest BCUT2D eigenvalue weighted by atomic mass is 9.88. The third-order valence-corrected chi connectivity index (χ3v) is 8.39. The molecule has 0 bridgehead atoms. The van der Waals surface area contributed by atoms with Crippen molar-refractivity contribution in [3.05, 3.63) is 71.9 Å². The number of nitrogens with one attached hydrogen (secondary N) is 1. The van der Waals surface area contributed by atoms with Gasteiger partial charge >= 0.3 is 0 Å². The third-order valence-electron chi connectivity index (χ3n) is 6.85. The summed E-state index contributed by atoms with van der Waals surface area (Å²) >= 11 is 0.